The molecule has 0 aromatic heterocycles. The van der Waals surface area contributed by atoms with Crippen LogP contribution in [-0.2, 0) is 0 Å². The summed E-state index contributed by atoms with van der Waals surface area (Å²) in [4.78, 5) is 2.64. The fraction of sp³-hybridized carbons (Fsp3) is 1.00. The Morgan fingerprint density at radius 1 is 1.42 bits per heavy atom. The summed E-state index contributed by atoms with van der Waals surface area (Å²) < 4.78 is 0. The van der Waals surface area contributed by atoms with Crippen molar-refractivity contribution in [2.24, 2.45) is 11.0 Å². The summed E-state index contributed by atoms with van der Waals surface area (Å²) in [6.07, 6.45) is 5.45. The van der Waals surface area contributed by atoms with Gasteiger partial charge >= 0.3 is 0 Å². The van der Waals surface area contributed by atoms with E-state index in [9.17, 15) is 5.11 Å². The highest BCUT2D eigenvalue weighted by Crippen LogP contribution is 2.26. The molecule has 4 heteroatoms. The first kappa shape index (κ1) is 9.36. The Bertz CT molecular complexity index is 171. The van der Waals surface area contributed by atoms with Crippen LogP contribution in [0.15, 0.2) is 5.11 Å². The van der Waals surface area contributed by atoms with Crippen LogP contribution in [0.4, 0.5) is 0 Å². The maximum absolute atomic E-state index is 9.54. The van der Waals surface area contributed by atoms with E-state index in [2.05, 4.69) is 10.0 Å². The Labute approximate surface area is 72.2 Å². The Morgan fingerprint density at radius 2 is 2.08 bits per heavy atom. The average molecular weight is 169 g/mol. The van der Waals surface area contributed by atoms with Gasteiger partial charge in [0.25, 0.3) is 0 Å². The third-order valence-corrected chi connectivity index (χ3v) is 2.53. The van der Waals surface area contributed by atoms with Gasteiger partial charge in [-0.05, 0) is 24.3 Å². The van der Waals surface area contributed by atoms with E-state index < -0.39 is 6.10 Å². The Balaban J connectivity index is 2.28. The minimum absolute atomic E-state index is 0.237. The minimum Gasteiger partial charge on any atom is -0.393 e. The highest BCUT2D eigenvalue weighted by atomic mass is 16.3. The van der Waals surface area contributed by atoms with Crippen molar-refractivity contribution in [1.82, 2.24) is 0 Å². The lowest BCUT2D eigenvalue weighted by Gasteiger charge is -2.25. The number of nitrogens with zero attached hydrogens (tertiary/aromatic N) is 3. The average Bonchev–Trinajstić information content (AvgIpc) is 2.15. The molecule has 12 heavy (non-hydrogen) atoms. The van der Waals surface area contributed by atoms with Crippen molar-refractivity contribution < 1.29 is 5.11 Å². The molecule has 0 radical (unpaired) electrons. The number of rotatable bonds is 3. The molecule has 0 aliphatic heterocycles. The largest absolute Gasteiger partial charge is 0.393 e. The van der Waals surface area contributed by atoms with Crippen LogP contribution in [0.3, 0.4) is 0 Å². The monoisotopic (exact) mass is 169 g/mol. The van der Waals surface area contributed by atoms with Gasteiger partial charge in [-0.1, -0.05) is 24.4 Å². The Kier molecular flexibility index (Phi) is 3.91. The van der Waals surface area contributed by atoms with Gasteiger partial charge in [-0.3, -0.25) is 0 Å². The molecular weight excluding hydrogens is 154 g/mol. The third kappa shape index (κ3) is 2.72. The molecule has 1 aliphatic carbocycles. The predicted octanol–water partition coefficient (Wildman–Crippen LogP) is 2.24. The molecule has 1 fully saturated rings. The van der Waals surface area contributed by atoms with Gasteiger partial charge < -0.3 is 5.11 Å². The number of hydrogen-bond acceptors (Lipinski definition) is 2. The van der Waals surface area contributed by atoms with Gasteiger partial charge in [-0.2, -0.15) is 0 Å². The molecule has 1 N–H and O–H groups in total. The summed E-state index contributed by atoms with van der Waals surface area (Å²) in [6.45, 7) is 0.237. The summed E-state index contributed by atoms with van der Waals surface area (Å²) in [5, 5.41) is 12.9. The molecule has 68 valence electrons. The maximum Gasteiger partial charge on any atom is 0.0624 e. The lowest BCUT2D eigenvalue weighted by atomic mass is 9.85. The fourth-order valence-electron chi connectivity index (χ4n) is 1.79. The highest BCUT2D eigenvalue weighted by molar-refractivity contribution is 4.74. The highest BCUT2D eigenvalue weighted by Gasteiger charge is 2.20. The smallest absolute Gasteiger partial charge is 0.0624 e. The third-order valence-electron chi connectivity index (χ3n) is 2.53. The van der Waals surface area contributed by atoms with Gasteiger partial charge in [-0.15, -0.1) is 0 Å². The van der Waals surface area contributed by atoms with Gasteiger partial charge in [0.1, 0.15) is 0 Å². The molecule has 0 bridgehead atoms. The van der Waals surface area contributed by atoms with Crippen molar-refractivity contribution >= 4 is 0 Å². The first-order chi connectivity index (χ1) is 5.84. The van der Waals surface area contributed by atoms with E-state index in [1.807, 2.05) is 0 Å². The van der Waals surface area contributed by atoms with E-state index in [-0.39, 0.29) is 6.54 Å². The van der Waals surface area contributed by atoms with Crippen LogP contribution in [0.25, 0.3) is 10.4 Å². The second-order valence-electron chi connectivity index (χ2n) is 3.38. The van der Waals surface area contributed by atoms with Crippen molar-refractivity contribution in [1.29, 1.82) is 0 Å². The van der Waals surface area contributed by atoms with Gasteiger partial charge in [0.05, 0.1) is 12.6 Å². The van der Waals surface area contributed by atoms with Gasteiger partial charge in [0.15, 0.2) is 0 Å². The summed E-state index contributed by atoms with van der Waals surface area (Å²) in [6, 6.07) is 0. The SMILES string of the molecule is [N-]=[N+]=NC[C@H](O)C1CCCCC1. The summed E-state index contributed by atoms with van der Waals surface area (Å²) in [7, 11) is 0. The van der Waals surface area contributed by atoms with E-state index in [4.69, 9.17) is 5.53 Å². The first-order valence-corrected chi connectivity index (χ1v) is 4.53. The summed E-state index contributed by atoms with van der Waals surface area (Å²) >= 11 is 0. The molecule has 0 unspecified atom stereocenters. The molecule has 1 atom stereocenters. The maximum atomic E-state index is 9.54. The Morgan fingerprint density at radius 3 is 2.67 bits per heavy atom. The molecule has 1 aliphatic rings. The molecule has 0 aromatic carbocycles. The van der Waals surface area contributed by atoms with Crippen LogP contribution < -0.4 is 0 Å². The zero-order valence-electron chi connectivity index (χ0n) is 7.19. The molecular formula is C8H15N3O. The van der Waals surface area contributed by atoms with Crippen LogP contribution in [0.1, 0.15) is 32.1 Å². The Hall–Kier alpha value is -0.730. The van der Waals surface area contributed by atoms with Gasteiger partial charge in [0, 0.05) is 4.91 Å². The lowest BCUT2D eigenvalue weighted by Crippen LogP contribution is -2.25. The minimum atomic E-state index is -0.416. The standard InChI is InChI=1S/C8H15N3O/c9-11-10-6-8(12)7-4-2-1-3-5-7/h7-8,12H,1-6H2/t8-/m0/s1. The molecule has 0 saturated heterocycles. The molecule has 0 heterocycles. The van der Waals surface area contributed by atoms with Crippen LogP contribution in [0.2, 0.25) is 0 Å². The number of hydrogen-bond donors (Lipinski definition) is 1. The van der Waals surface area contributed by atoms with Crippen molar-refractivity contribution in [3.8, 4) is 0 Å². The van der Waals surface area contributed by atoms with Crippen LogP contribution in [0, 0.1) is 5.92 Å². The predicted molar refractivity (Wildman–Crippen MR) is 46.6 cm³/mol. The molecule has 4 nitrogen and oxygen atoms in total. The first-order valence-electron chi connectivity index (χ1n) is 4.53. The summed E-state index contributed by atoms with van der Waals surface area (Å²) in [5.41, 5.74) is 8.06. The second kappa shape index (κ2) is 5.01. The number of aliphatic hydroxyl groups excluding tert-OH is 1. The van der Waals surface area contributed by atoms with Crippen molar-refractivity contribution in [2.75, 3.05) is 6.54 Å². The topological polar surface area (TPSA) is 69.0 Å². The number of azide groups is 1. The zero-order valence-corrected chi connectivity index (χ0v) is 7.19. The van der Waals surface area contributed by atoms with E-state index in [1.54, 1.807) is 0 Å². The molecule has 0 amide bonds. The molecule has 0 spiro atoms. The van der Waals surface area contributed by atoms with E-state index in [0.717, 1.165) is 12.8 Å². The quantitative estimate of drug-likeness (QED) is 0.393. The van der Waals surface area contributed by atoms with Gasteiger partial charge in [-0.25, -0.2) is 0 Å². The normalized spacial score (nSPS) is 21.4. The molecule has 1 rings (SSSR count). The summed E-state index contributed by atoms with van der Waals surface area (Å²) in [5.74, 6) is 0.365. The lowest BCUT2D eigenvalue weighted by molar-refractivity contribution is 0.0921. The van der Waals surface area contributed by atoms with E-state index in [1.165, 1.54) is 19.3 Å². The van der Waals surface area contributed by atoms with Crippen LogP contribution in [-0.4, -0.2) is 17.8 Å². The number of aliphatic hydroxyl groups is 1. The zero-order chi connectivity index (χ0) is 8.81. The fourth-order valence-corrected chi connectivity index (χ4v) is 1.79. The molecule has 0 aromatic rings. The van der Waals surface area contributed by atoms with Crippen molar-refractivity contribution in [3.05, 3.63) is 10.4 Å². The van der Waals surface area contributed by atoms with E-state index in [0.29, 0.717) is 5.92 Å². The molecule has 1 saturated carbocycles. The van der Waals surface area contributed by atoms with E-state index >= 15 is 0 Å². The van der Waals surface area contributed by atoms with Crippen LogP contribution in [0.5, 0.6) is 0 Å². The van der Waals surface area contributed by atoms with Crippen molar-refractivity contribution in [3.63, 3.8) is 0 Å². The van der Waals surface area contributed by atoms with Crippen molar-refractivity contribution in [2.45, 2.75) is 38.2 Å². The van der Waals surface area contributed by atoms with Crippen LogP contribution >= 0.6 is 0 Å². The van der Waals surface area contributed by atoms with Gasteiger partial charge in [0.2, 0.25) is 0 Å². The second-order valence-corrected chi connectivity index (χ2v) is 3.38.